The standard InChI is InChI=1S/C12H19N5O4/c1-4-21-11(19)8-7-13-5-6-17(8)9-10(18)15(2)12(20)16(3)14-9/h8,13H,4-7H2,1-3H3. The SMILES string of the molecule is CCOC(=O)C1CNCCN1c1nn(C)c(=O)n(C)c1=O. The number of hydrogen-bond acceptors (Lipinski definition) is 7. The number of aromatic nitrogens is 3. The van der Waals surface area contributed by atoms with Crippen LogP contribution in [0.15, 0.2) is 9.59 Å². The van der Waals surface area contributed by atoms with Gasteiger partial charge in [0.2, 0.25) is 5.82 Å². The maximum Gasteiger partial charge on any atom is 0.346 e. The minimum absolute atomic E-state index is 0.0825. The Morgan fingerprint density at radius 2 is 2.14 bits per heavy atom. The summed E-state index contributed by atoms with van der Waals surface area (Å²) < 4.78 is 7.09. The van der Waals surface area contributed by atoms with Crippen molar-refractivity contribution >= 4 is 11.8 Å². The Hall–Kier alpha value is -2.16. The largest absolute Gasteiger partial charge is 0.464 e. The summed E-state index contributed by atoms with van der Waals surface area (Å²) in [5, 5.41) is 7.10. The number of esters is 1. The Morgan fingerprint density at radius 3 is 2.81 bits per heavy atom. The molecule has 0 bridgehead atoms. The van der Waals surface area contributed by atoms with Gasteiger partial charge in [-0.3, -0.25) is 9.36 Å². The van der Waals surface area contributed by atoms with Crippen molar-refractivity contribution in [2.24, 2.45) is 14.1 Å². The molecule has 1 aromatic heterocycles. The minimum atomic E-state index is -0.628. The van der Waals surface area contributed by atoms with Crippen LogP contribution >= 0.6 is 0 Å². The van der Waals surface area contributed by atoms with Crippen LogP contribution in [-0.2, 0) is 23.6 Å². The van der Waals surface area contributed by atoms with Crippen LogP contribution in [0.4, 0.5) is 5.82 Å². The van der Waals surface area contributed by atoms with Crippen molar-refractivity contribution in [3.8, 4) is 0 Å². The summed E-state index contributed by atoms with van der Waals surface area (Å²) in [6, 6.07) is -0.628. The number of carbonyl (C=O) groups is 1. The molecule has 1 unspecified atom stereocenters. The molecular formula is C12H19N5O4. The molecule has 0 aliphatic carbocycles. The van der Waals surface area contributed by atoms with Gasteiger partial charge in [0.15, 0.2) is 0 Å². The lowest BCUT2D eigenvalue weighted by atomic mass is 10.2. The number of rotatable bonds is 3. The molecule has 1 aliphatic rings. The number of piperazine rings is 1. The number of nitrogens with one attached hydrogen (secondary N) is 1. The summed E-state index contributed by atoms with van der Waals surface area (Å²) in [4.78, 5) is 37.5. The van der Waals surface area contributed by atoms with E-state index >= 15 is 0 Å². The molecule has 21 heavy (non-hydrogen) atoms. The first-order valence-corrected chi connectivity index (χ1v) is 6.75. The zero-order valence-corrected chi connectivity index (χ0v) is 12.3. The van der Waals surface area contributed by atoms with Crippen LogP contribution in [0.5, 0.6) is 0 Å². The third-order valence-corrected chi connectivity index (χ3v) is 3.38. The lowest BCUT2D eigenvalue weighted by molar-refractivity contribution is -0.144. The van der Waals surface area contributed by atoms with Gasteiger partial charge in [0.05, 0.1) is 6.61 Å². The van der Waals surface area contributed by atoms with E-state index in [1.165, 1.54) is 14.1 Å². The average Bonchev–Trinajstić information content (AvgIpc) is 2.49. The third kappa shape index (κ3) is 2.82. The first-order valence-electron chi connectivity index (χ1n) is 6.75. The van der Waals surface area contributed by atoms with Crippen LogP contribution in [0.1, 0.15) is 6.92 Å². The van der Waals surface area contributed by atoms with Crippen molar-refractivity contribution in [2.75, 3.05) is 31.1 Å². The quantitative estimate of drug-likeness (QED) is 0.633. The molecule has 1 aliphatic heterocycles. The van der Waals surface area contributed by atoms with Crippen molar-refractivity contribution in [2.45, 2.75) is 13.0 Å². The van der Waals surface area contributed by atoms with Crippen LogP contribution in [0.25, 0.3) is 0 Å². The summed E-state index contributed by atoms with van der Waals surface area (Å²) >= 11 is 0. The van der Waals surface area contributed by atoms with Crippen LogP contribution in [0.2, 0.25) is 0 Å². The van der Waals surface area contributed by atoms with E-state index in [4.69, 9.17) is 4.74 Å². The number of ether oxygens (including phenoxy) is 1. The summed E-state index contributed by atoms with van der Waals surface area (Å²) in [5.74, 6) is -0.332. The topological polar surface area (TPSA) is 98.5 Å². The summed E-state index contributed by atoms with van der Waals surface area (Å²) in [5.41, 5.74) is -1.03. The molecule has 2 rings (SSSR count). The molecule has 0 aromatic carbocycles. The van der Waals surface area contributed by atoms with Crippen molar-refractivity contribution < 1.29 is 9.53 Å². The summed E-state index contributed by atoms with van der Waals surface area (Å²) in [6.07, 6.45) is 0. The fraction of sp³-hybridized carbons (Fsp3) is 0.667. The van der Waals surface area contributed by atoms with Crippen LogP contribution in [0, 0.1) is 0 Å². The second kappa shape index (κ2) is 6.08. The van der Waals surface area contributed by atoms with Gasteiger partial charge in [-0.05, 0) is 6.92 Å². The smallest absolute Gasteiger partial charge is 0.346 e. The molecule has 1 aromatic rings. The van der Waals surface area contributed by atoms with E-state index in [9.17, 15) is 14.4 Å². The molecule has 1 saturated heterocycles. The van der Waals surface area contributed by atoms with E-state index in [1.54, 1.807) is 11.8 Å². The number of nitrogens with zero attached hydrogens (tertiary/aromatic N) is 4. The zero-order valence-electron chi connectivity index (χ0n) is 12.3. The number of anilines is 1. The average molecular weight is 297 g/mol. The van der Waals surface area contributed by atoms with Crippen molar-refractivity contribution in [3.63, 3.8) is 0 Å². The number of hydrogen-bond donors (Lipinski definition) is 1. The normalized spacial score (nSPS) is 18.6. The van der Waals surface area contributed by atoms with Gasteiger partial charge < -0.3 is 15.0 Å². The Bertz CT molecular complexity index is 650. The van der Waals surface area contributed by atoms with Crippen LogP contribution in [-0.4, -0.2) is 52.6 Å². The summed E-state index contributed by atoms with van der Waals surface area (Å²) in [7, 11) is 2.85. The predicted molar refractivity (Wildman–Crippen MR) is 75.4 cm³/mol. The Morgan fingerprint density at radius 1 is 1.43 bits per heavy atom. The van der Waals surface area contributed by atoms with E-state index in [-0.39, 0.29) is 12.4 Å². The van der Waals surface area contributed by atoms with Gasteiger partial charge in [0.1, 0.15) is 6.04 Å². The highest BCUT2D eigenvalue weighted by molar-refractivity contribution is 5.80. The lowest BCUT2D eigenvalue weighted by Crippen LogP contribution is -2.58. The Kier molecular flexibility index (Phi) is 4.41. The lowest BCUT2D eigenvalue weighted by Gasteiger charge is -2.34. The summed E-state index contributed by atoms with van der Waals surface area (Å²) in [6.45, 7) is 3.41. The Balaban J connectivity index is 2.45. The maximum atomic E-state index is 12.2. The highest BCUT2D eigenvalue weighted by Gasteiger charge is 2.33. The maximum absolute atomic E-state index is 12.2. The van der Waals surface area contributed by atoms with Gasteiger partial charge in [-0.1, -0.05) is 0 Å². The van der Waals surface area contributed by atoms with Gasteiger partial charge in [0.25, 0.3) is 5.56 Å². The van der Waals surface area contributed by atoms with Crippen molar-refractivity contribution in [1.29, 1.82) is 0 Å². The molecule has 9 nitrogen and oxygen atoms in total. The molecule has 116 valence electrons. The van der Waals surface area contributed by atoms with E-state index in [2.05, 4.69) is 10.4 Å². The van der Waals surface area contributed by atoms with Crippen molar-refractivity contribution in [1.82, 2.24) is 19.7 Å². The molecule has 9 heteroatoms. The highest BCUT2D eigenvalue weighted by atomic mass is 16.5. The second-order valence-electron chi connectivity index (χ2n) is 4.76. The molecule has 0 spiro atoms. The fourth-order valence-corrected chi connectivity index (χ4v) is 2.27. The molecule has 1 atom stereocenters. The predicted octanol–water partition coefficient (Wildman–Crippen LogP) is -2.18. The first-order chi connectivity index (χ1) is 9.97. The molecule has 1 N–H and O–H groups in total. The van der Waals surface area contributed by atoms with Gasteiger partial charge in [-0.2, -0.15) is 0 Å². The van der Waals surface area contributed by atoms with Crippen LogP contribution < -0.4 is 21.5 Å². The fourth-order valence-electron chi connectivity index (χ4n) is 2.27. The van der Waals surface area contributed by atoms with Gasteiger partial charge >= 0.3 is 11.7 Å². The van der Waals surface area contributed by atoms with E-state index in [0.29, 0.717) is 19.6 Å². The molecule has 0 amide bonds. The minimum Gasteiger partial charge on any atom is -0.464 e. The third-order valence-electron chi connectivity index (χ3n) is 3.38. The monoisotopic (exact) mass is 297 g/mol. The molecule has 0 saturated carbocycles. The molecular weight excluding hydrogens is 278 g/mol. The van der Waals surface area contributed by atoms with Gasteiger partial charge in [-0.25, -0.2) is 14.3 Å². The van der Waals surface area contributed by atoms with E-state index < -0.39 is 23.3 Å². The molecule has 1 fully saturated rings. The van der Waals surface area contributed by atoms with Crippen LogP contribution in [0.3, 0.4) is 0 Å². The Labute approximate surface area is 121 Å². The van der Waals surface area contributed by atoms with Gasteiger partial charge in [-0.15, -0.1) is 5.10 Å². The van der Waals surface area contributed by atoms with Gasteiger partial charge in [0, 0.05) is 33.7 Å². The highest BCUT2D eigenvalue weighted by Crippen LogP contribution is 2.11. The van der Waals surface area contributed by atoms with Crippen molar-refractivity contribution in [3.05, 3.63) is 20.8 Å². The second-order valence-corrected chi connectivity index (χ2v) is 4.76. The first kappa shape index (κ1) is 15.2. The van der Waals surface area contributed by atoms with E-state index in [1.807, 2.05) is 0 Å². The number of aryl methyl sites for hydroxylation is 1. The van der Waals surface area contributed by atoms with E-state index in [0.717, 1.165) is 9.25 Å². The molecule has 2 heterocycles. The molecule has 0 radical (unpaired) electrons. The zero-order chi connectivity index (χ0) is 15.6. The number of carbonyl (C=O) groups excluding carboxylic acids is 1.